The van der Waals surface area contributed by atoms with Crippen molar-refractivity contribution in [3.63, 3.8) is 0 Å². The van der Waals surface area contributed by atoms with Gasteiger partial charge in [-0.3, -0.25) is 0 Å². The quantitative estimate of drug-likeness (QED) is 0.665. The van der Waals surface area contributed by atoms with E-state index in [0.717, 1.165) is 6.54 Å². The van der Waals surface area contributed by atoms with Gasteiger partial charge in [-0.1, -0.05) is 36.4 Å². The van der Waals surface area contributed by atoms with Crippen LogP contribution < -0.4 is 0 Å². The summed E-state index contributed by atoms with van der Waals surface area (Å²) in [4.78, 5) is 2.16. The average molecular weight is 226 g/mol. The Morgan fingerprint density at radius 2 is 1.86 bits per heavy atom. The number of nitrogens with zero attached hydrogens (tertiary/aromatic N) is 1. The molecule has 0 aliphatic carbocycles. The minimum absolute atomic E-state index is 0. The third-order valence-electron chi connectivity index (χ3n) is 2.21. The first-order chi connectivity index (χ1) is 6.36. The normalized spacial score (nSPS) is 14.6. The van der Waals surface area contributed by atoms with Crippen molar-refractivity contribution in [1.82, 2.24) is 4.90 Å². The van der Waals surface area contributed by atoms with Gasteiger partial charge in [0.1, 0.15) is 0 Å². The van der Waals surface area contributed by atoms with Crippen LogP contribution >= 0.6 is 0 Å². The molecule has 0 amide bonds. The second kappa shape index (κ2) is 5.04. The predicted molar refractivity (Wildman–Crippen MR) is 56.2 cm³/mol. The fourth-order valence-corrected chi connectivity index (χ4v) is 1.42. The van der Waals surface area contributed by atoms with Crippen molar-refractivity contribution in [2.75, 3.05) is 13.6 Å². The fraction of sp³-hybridized carbons (Fsp3) is 0.167. The van der Waals surface area contributed by atoms with Gasteiger partial charge in [-0.2, -0.15) is 0 Å². The number of allylic oxidation sites excluding steroid dienone is 2. The number of likely N-dealkylation sites (N-methyl/N-ethyl adjacent to an activating group) is 1. The van der Waals surface area contributed by atoms with Crippen LogP contribution in [0.1, 0.15) is 5.56 Å². The molecule has 0 spiro atoms. The predicted octanol–water partition coefficient (Wildman–Crippen LogP) is 2.53. The van der Waals surface area contributed by atoms with Crippen molar-refractivity contribution in [2.24, 2.45) is 0 Å². The van der Waals surface area contributed by atoms with Gasteiger partial charge in [-0.15, -0.1) is 0 Å². The van der Waals surface area contributed by atoms with E-state index in [2.05, 4.69) is 54.6 Å². The van der Waals surface area contributed by atoms with Gasteiger partial charge in [0.25, 0.3) is 0 Å². The molecular weight excluding hydrogens is 213 g/mol. The molecule has 1 heterocycles. The van der Waals surface area contributed by atoms with Gasteiger partial charge >= 0.3 is 0 Å². The molecule has 1 nitrogen and oxygen atoms in total. The van der Waals surface area contributed by atoms with Crippen LogP contribution in [0.5, 0.6) is 0 Å². The monoisotopic (exact) mass is 226 g/mol. The third kappa shape index (κ3) is 2.50. The number of rotatable bonds is 1. The van der Waals surface area contributed by atoms with Gasteiger partial charge in [-0.25, -0.2) is 0 Å². The van der Waals surface area contributed by atoms with Crippen LogP contribution in [0.25, 0.3) is 5.57 Å². The molecule has 0 bridgehead atoms. The van der Waals surface area contributed by atoms with Gasteiger partial charge in [0.15, 0.2) is 0 Å². The Balaban J connectivity index is 0.000000980. The first-order valence-electron chi connectivity index (χ1n) is 4.50. The maximum atomic E-state index is 2.25. The van der Waals surface area contributed by atoms with E-state index in [1.54, 1.807) is 0 Å². The second-order valence-electron chi connectivity index (χ2n) is 3.28. The molecule has 1 radical (unpaired) electrons. The van der Waals surface area contributed by atoms with E-state index < -0.39 is 0 Å². The van der Waals surface area contributed by atoms with Crippen molar-refractivity contribution < 1.29 is 17.1 Å². The van der Waals surface area contributed by atoms with Crippen molar-refractivity contribution in [3.8, 4) is 0 Å². The molecule has 73 valence electrons. The molecule has 0 aromatic heterocycles. The molecule has 2 heteroatoms. The minimum Gasteiger partial charge on any atom is -0.377 e. The molecule has 0 N–H and O–H groups in total. The fourth-order valence-electron chi connectivity index (χ4n) is 1.42. The van der Waals surface area contributed by atoms with Crippen molar-refractivity contribution >= 4 is 5.57 Å². The summed E-state index contributed by atoms with van der Waals surface area (Å²) in [5.41, 5.74) is 2.62. The van der Waals surface area contributed by atoms with Crippen LogP contribution in [0, 0.1) is 0 Å². The largest absolute Gasteiger partial charge is 0.377 e. The Kier molecular flexibility index (Phi) is 3.99. The van der Waals surface area contributed by atoms with Crippen molar-refractivity contribution in [2.45, 2.75) is 0 Å². The first-order valence-corrected chi connectivity index (χ1v) is 4.50. The van der Waals surface area contributed by atoms with Crippen LogP contribution in [-0.2, 0) is 17.1 Å². The Labute approximate surface area is 95.6 Å². The van der Waals surface area contributed by atoms with E-state index >= 15 is 0 Å². The van der Waals surface area contributed by atoms with Crippen molar-refractivity contribution in [3.05, 3.63) is 54.2 Å². The molecule has 2 rings (SSSR count). The summed E-state index contributed by atoms with van der Waals surface area (Å²) in [5.74, 6) is 0. The van der Waals surface area contributed by atoms with E-state index in [1.165, 1.54) is 11.1 Å². The Morgan fingerprint density at radius 1 is 1.14 bits per heavy atom. The molecule has 1 aromatic rings. The Hall–Kier alpha value is -0.981. The zero-order valence-electron chi connectivity index (χ0n) is 8.15. The zero-order chi connectivity index (χ0) is 9.10. The van der Waals surface area contributed by atoms with Crippen LogP contribution in [-0.4, -0.2) is 18.5 Å². The van der Waals surface area contributed by atoms with E-state index in [4.69, 9.17) is 0 Å². The number of hydrogen-bond donors (Lipinski definition) is 0. The summed E-state index contributed by atoms with van der Waals surface area (Å²) in [5, 5.41) is 0. The average Bonchev–Trinajstić information content (AvgIpc) is 2.20. The summed E-state index contributed by atoms with van der Waals surface area (Å²) < 4.78 is 0. The smallest absolute Gasteiger partial charge is 0.0359 e. The van der Waals surface area contributed by atoms with E-state index in [9.17, 15) is 0 Å². The van der Waals surface area contributed by atoms with Gasteiger partial charge in [0.05, 0.1) is 0 Å². The van der Waals surface area contributed by atoms with Gasteiger partial charge in [-0.05, 0) is 23.4 Å². The zero-order valence-corrected chi connectivity index (χ0v) is 9.33. The topological polar surface area (TPSA) is 3.24 Å². The number of benzene rings is 1. The maximum Gasteiger partial charge on any atom is 0.0359 e. The molecule has 1 aliphatic rings. The summed E-state index contributed by atoms with van der Waals surface area (Å²) in [6, 6.07) is 10.5. The van der Waals surface area contributed by atoms with Gasteiger partial charge in [0.2, 0.25) is 0 Å². The molecular formula is C12H13MnN. The van der Waals surface area contributed by atoms with E-state index in [-0.39, 0.29) is 17.1 Å². The van der Waals surface area contributed by atoms with Crippen molar-refractivity contribution in [1.29, 1.82) is 0 Å². The summed E-state index contributed by atoms with van der Waals surface area (Å²) in [6.45, 7) is 1.00. The molecule has 1 aromatic carbocycles. The molecule has 0 unspecified atom stereocenters. The summed E-state index contributed by atoms with van der Waals surface area (Å²) >= 11 is 0. The maximum absolute atomic E-state index is 2.25. The molecule has 0 saturated heterocycles. The molecule has 0 atom stereocenters. The van der Waals surface area contributed by atoms with E-state index in [0.29, 0.717) is 0 Å². The SMILES string of the molecule is CN1C=CC(c2ccccc2)=CC1.[Mn]. The van der Waals surface area contributed by atoms with Crippen LogP contribution in [0.2, 0.25) is 0 Å². The van der Waals surface area contributed by atoms with E-state index in [1.807, 2.05) is 6.07 Å². The minimum atomic E-state index is 0. The van der Waals surface area contributed by atoms with Gasteiger partial charge in [0, 0.05) is 30.7 Å². The molecule has 0 fully saturated rings. The summed E-state index contributed by atoms with van der Waals surface area (Å²) in [6.07, 6.45) is 6.51. The standard InChI is InChI=1S/C12H13N.Mn/c1-13-9-7-12(8-10-13)11-5-3-2-4-6-11;/h2-9H,10H2,1H3;. The Morgan fingerprint density at radius 3 is 2.43 bits per heavy atom. The first kappa shape index (κ1) is 11.1. The van der Waals surface area contributed by atoms with Crippen LogP contribution in [0.4, 0.5) is 0 Å². The van der Waals surface area contributed by atoms with Gasteiger partial charge < -0.3 is 4.90 Å². The second-order valence-corrected chi connectivity index (χ2v) is 3.28. The molecule has 14 heavy (non-hydrogen) atoms. The Bertz CT molecular complexity index is 341. The van der Waals surface area contributed by atoms with Crippen LogP contribution in [0.15, 0.2) is 48.7 Å². The summed E-state index contributed by atoms with van der Waals surface area (Å²) in [7, 11) is 2.08. The molecule has 0 saturated carbocycles. The number of hydrogen-bond acceptors (Lipinski definition) is 1. The third-order valence-corrected chi connectivity index (χ3v) is 2.21. The molecule has 1 aliphatic heterocycles. The van der Waals surface area contributed by atoms with Crippen LogP contribution in [0.3, 0.4) is 0 Å².